The first kappa shape index (κ1) is 19.2. The zero-order valence-electron chi connectivity index (χ0n) is 15.0. The Balaban J connectivity index is 2.28. The van der Waals surface area contributed by atoms with E-state index in [0.717, 1.165) is 32.1 Å². The second kappa shape index (κ2) is 11.7. The van der Waals surface area contributed by atoms with Gasteiger partial charge in [0.25, 0.3) is 0 Å². The van der Waals surface area contributed by atoms with Crippen molar-refractivity contribution in [3.8, 4) is 0 Å². The van der Waals surface area contributed by atoms with Gasteiger partial charge in [-0.2, -0.15) is 0 Å². The van der Waals surface area contributed by atoms with Crippen molar-refractivity contribution in [1.82, 2.24) is 15.5 Å². The molecule has 0 amide bonds. The molecule has 1 fully saturated rings. The minimum absolute atomic E-state index is 0.536. The van der Waals surface area contributed by atoms with Crippen LogP contribution in [0.15, 0.2) is 4.99 Å². The summed E-state index contributed by atoms with van der Waals surface area (Å²) in [5.74, 6) is 0.935. The molecule has 1 heterocycles. The largest absolute Gasteiger partial charge is 0.380 e. The summed E-state index contributed by atoms with van der Waals surface area (Å²) in [6.07, 6.45) is 4.70. The molecule has 0 aromatic heterocycles. The van der Waals surface area contributed by atoms with Crippen molar-refractivity contribution in [2.24, 2.45) is 4.99 Å². The van der Waals surface area contributed by atoms with Crippen molar-refractivity contribution in [1.29, 1.82) is 0 Å². The third-order valence-corrected chi connectivity index (χ3v) is 4.09. The highest BCUT2D eigenvalue weighted by molar-refractivity contribution is 5.80. The van der Waals surface area contributed by atoms with E-state index in [9.17, 15) is 0 Å². The van der Waals surface area contributed by atoms with Gasteiger partial charge in [-0.3, -0.25) is 4.99 Å². The fourth-order valence-corrected chi connectivity index (χ4v) is 2.64. The van der Waals surface area contributed by atoms with Crippen LogP contribution >= 0.6 is 0 Å². The Morgan fingerprint density at radius 3 is 2.55 bits per heavy atom. The number of guanidine groups is 1. The van der Waals surface area contributed by atoms with Crippen LogP contribution in [0.4, 0.5) is 0 Å². The smallest absolute Gasteiger partial charge is 0.191 e. The first-order valence-electron chi connectivity index (χ1n) is 9.04. The van der Waals surface area contributed by atoms with Gasteiger partial charge in [-0.15, -0.1) is 0 Å². The van der Waals surface area contributed by atoms with E-state index in [1.807, 2.05) is 0 Å². The predicted molar refractivity (Wildman–Crippen MR) is 94.6 cm³/mol. The SMILES string of the molecule is CCCCOCCN=C(NCC)NC1CCN(C(C)C)CC1. The van der Waals surface area contributed by atoms with E-state index in [0.29, 0.717) is 18.7 Å². The predicted octanol–water partition coefficient (Wildman–Crippen LogP) is 2.23. The van der Waals surface area contributed by atoms with Crippen LogP contribution in [0.2, 0.25) is 0 Å². The fourth-order valence-electron chi connectivity index (χ4n) is 2.64. The van der Waals surface area contributed by atoms with Gasteiger partial charge in [0.2, 0.25) is 0 Å². The average molecular weight is 313 g/mol. The van der Waals surface area contributed by atoms with Gasteiger partial charge in [0.05, 0.1) is 13.2 Å². The van der Waals surface area contributed by atoms with Gasteiger partial charge in [0.1, 0.15) is 0 Å². The Bertz CT molecular complexity index is 299. The van der Waals surface area contributed by atoms with Crippen molar-refractivity contribution in [2.45, 2.75) is 65.5 Å². The zero-order valence-corrected chi connectivity index (χ0v) is 15.0. The van der Waals surface area contributed by atoms with E-state index >= 15 is 0 Å². The van der Waals surface area contributed by atoms with Gasteiger partial charge >= 0.3 is 0 Å². The molecule has 0 unspecified atom stereocenters. The maximum absolute atomic E-state index is 5.56. The summed E-state index contributed by atoms with van der Waals surface area (Å²) < 4.78 is 5.56. The number of piperidine rings is 1. The first-order chi connectivity index (χ1) is 10.7. The molecule has 0 radical (unpaired) electrons. The second-order valence-electron chi connectivity index (χ2n) is 6.27. The van der Waals surface area contributed by atoms with Crippen LogP contribution in [0.5, 0.6) is 0 Å². The number of nitrogens with zero attached hydrogens (tertiary/aromatic N) is 2. The van der Waals surface area contributed by atoms with Crippen LogP contribution in [0.25, 0.3) is 0 Å². The first-order valence-corrected chi connectivity index (χ1v) is 9.04. The Morgan fingerprint density at radius 2 is 1.95 bits per heavy atom. The minimum Gasteiger partial charge on any atom is -0.380 e. The van der Waals surface area contributed by atoms with Crippen molar-refractivity contribution < 1.29 is 4.74 Å². The zero-order chi connectivity index (χ0) is 16.2. The molecular weight excluding hydrogens is 276 g/mol. The van der Waals surface area contributed by atoms with Crippen LogP contribution in [-0.4, -0.2) is 62.3 Å². The summed E-state index contributed by atoms with van der Waals surface area (Å²) in [5.41, 5.74) is 0. The molecule has 1 rings (SSSR count). The van der Waals surface area contributed by atoms with Crippen molar-refractivity contribution in [2.75, 3.05) is 39.4 Å². The molecule has 1 aliphatic rings. The van der Waals surface area contributed by atoms with Gasteiger partial charge in [-0.1, -0.05) is 13.3 Å². The van der Waals surface area contributed by atoms with Crippen molar-refractivity contribution in [3.63, 3.8) is 0 Å². The number of nitrogens with one attached hydrogen (secondary N) is 2. The molecule has 0 aliphatic carbocycles. The maximum atomic E-state index is 5.56. The van der Waals surface area contributed by atoms with E-state index in [1.165, 1.54) is 32.4 Å². The van der Waals surface area contributed by atoms with Gasteiger partial charge in [-0.05, 0) is 40.0 Å². The van der Waals surface area contributed by atoms with E-state index in [4.69, 9.17) is 4.74 Å². The van der Waals surface area contributed by atoms with E-state index in [1.54, 1.807) is 0 Å². The summed E-state index contributed by atoms with van der Waals surface area (Å²) in [7, 11) is 0. The molecule has 130 valence electrons. The molecule has 5 heteroatoms. The molecule has 5 nitrogen and oxygen atoms in total. The molecule has 0 bridgehead atoms. The number of rotatable bonds is 9. The van der Waals surface area contributed by atoms with Gasteiger partial charge in [0.15, 0.2) is 5.96 Å². The summed E-state index contributed by atoms with van der Waals surface area (Å²) >= 11 is 0. The van der Waals surface area contributed by atoms with Gasteiger partial charge in [0, 0.05) is 38.3 Å². The van der Waals surface area contributed by atoms with E-state index in [-0.39, 0.29) is 0 Å². The summed E-state index contributed by atoms with van der Waals surface area (Å²) in [4.78, 5) is 7.16. The molecule has 1 aliphatic heterocycles. The standard InChI is InChI=1S/C17H36N4O/c1-5-7-13-22-14-10-19-17(18-6-2)20-16-8-11-21(12-9-16)15(3)4/h15-16H,5-14H2,1-4H3,(H2,18,19,20). The number of unbranched alkanes of at least 4 members (excludes halogenated alkanes) is 1. The summed E-state index contributed by atoms with van der Waals surface area (Å²) in [5, 5.41) is 6.91. The topological polar surface area (TPSA) is 48.9 Å². The lowest BCUT2D eigenvalue weighted by atomic mass is 10.0. The molecule has 1 saturated heterocycles. The molecule has 0 saturated carbocycles. The van der Waals surface area contributed by atoms with Crippen molar-refractivity contribution >= 4 is 5.96 Å². The third-order valence-electron chi connectivity index (χ3n) is 4.09. The summed E-state index contributed by atoms with van der Waals surface area (Å²) in [6, 6.07) is 1.19. The Hall–Kier alpha value is -0.810. The minimum atomic E-state index is 0.536. The molecule has 2 N–H and O–H groups in total. The molecular formula is C17H36N4O. The highest BCUT2D eigenvalue weighted by Crippen LogP contribution is 2.12. The maximum Gasteiger partial charge on any atom is 0.191 e. The fraction of sp³-hybridized carbons (Fsp3) is 0.941. The highest BCUT2D eigenvalue weighted by Gasteiger charge is 2.21. The number of hydrogen-bond acceptors (Lipinski definition) is 3. The lowest BCUT2D eigenvalue weighted by Gasteiger charge is -2.35. The number of likely N-dealkylation sites (tertiary alicyclic amines) is 1. The van der Waals surface area contributed by atoms with Gasteiger partial charge < -0.3 is 20.3 Å². The number of hydrogen-bond donors (Lipinski definition) is 2. The van der Waals surface area contributed by atoms with E-state index in [2.05, 4.69) is 48.2 Å². The monoisotopic (exact) mass is 312 g/mol. The van der Waals surface area contributed by atoms with Crippen LogP contribution in [0.1, 0.15) is 53.4 Å². The molecule has 0 atom stereocenters. The van der Waals surface area contributed by atoms with Crippen LogP contribution in [0.3, 0.4) is 0 Å². The van der Waals surface area contributed by atoms with E-state index < -0.39 is 0 Å². The van der Waals surface area contributed by atoms with Crippen LogP contribution in [-0.2, 0) is 4.74 Å². The second-order valence-corrected chi connectivity index (χ2v) is 6.27. The molecule has 22 heavy (non-hydrogen) atoms. The average Bonchev–Trinajstić information content (AvgIpc) is 2.51. The lowest BCUT2D eigenvalue weighted by molar-refractivity contribution is 0.138. The quantitative estimate of drug-likeness (QED) is 0.389. The Morgan fingerprint density at radius 1 is 1.23 bits per heavy atom. The lowest BCUT2D eigenvalue weighted by Crippen LogP contribution is -2.49. The van der Waals surface area contributed by atoms with Gasteiger partial charge in [-0.25, -0.2) is 0 Å². The molecule has 0 aromatic carbocycles. The number of ether oxygens (including phenoxy) is 1. The van der Waals surface area contributed by atoms with Crippen LogP contribution in [0, 0.1) is 0 Å². The highest BCUT2D eigenvalue weighted by atomic mass is 16.5. The number of aliphatic imine (C=N–C) groups is 1. The van der Waals surface area contributed by atoms with Crippen molar-refractivity contribution in [3.05, 3.63) is 0 Å². The third kappa shape index (κ3) is 7.99. The Kier molecular flexibility index (Phi) is 10.2. The van der Waals surface area contributed by atoms with Crippen LogP contribution < -0.4 is 10.6 Å². The normalized spacial score (nSPS) is 18.0. The molecule has 0 spiro atoms. The Labute approximate surface area is 136 Å². The summed E-state index contributed by atoms with van der Waals surface area (Å²) in [6.45, 7) is 14.4. The molecule has 0 aromatic rings.